The van der Waals surface area contributed by atoms with Crippen LogP contribution in [0, 0.1) is 6.92 Å². The molecular formula is C13H17N3O3. The fourth-order valence-corrected chi connectivity index (χ4v) is 2.05. The highest BCUT2D eigenvalue weighted by Gasteiger charge is 2.18. The summed E-state index contributed by atoms with van der Waals surface area (Å²) in [7, 11) is 0. The third kappa shape index (κ3) is 2.25. The molecular weight excluding hydrogens is 246 g/mol. The van der Waals surface area contributed by atoms with Crippen molar-refractivity contribution < 1.29 is 9.53 Å². The summed E-state index contributed by atoms with van der Waals surface area (Å²) in [5.41, 5.74) is 1.79. The Morgan fingerprint density at radius 2 is 2.21 bits per heavy atom. The number of H-pyrrole nitrogens is 1. The molecule has 0 bridgehead atoms. The van der Waals surface area contributed by atoms with Gasteiger partial charge in [0.2, 0.25) is 0 Å². The molecule has 0 saturated heterocycles. The molecule has 0 aromatic carbocycles. The van der Waals surface area contributed by atoms with Gasteiger partial charge in [0.05, 0.1) is 6.61 Å². The maximum atomic E-state index is 12.3. The van der Waals surface area contributed by atoms with Crippen molar-refractivity contribution in [1.29, 1.82) is 0 Å². The molecule has 6 nitrogen and oxygen atoms in total. The molecule has 0 fully saturated rings. The highest BCUT2D eigenvalue weighted by atomic mass is 16.5. The largest absolute Gasteiger partial charge is 0.462 e. The Morgan fingerprint density at radius 1 is 1.47 bits per heavy atom. The van der Waals surface area contributed by atoms with Crippen LogP contribution in [0.4, 0.5) is 0 Å². The quantitative estimate of drug-likeness (QED) is 0.847. The number of nitrogens with zero attached hydrogens (tertiary/aromatic N) is 2. The Kier molecular flexibility index (Phi) is 3.69. The average molecular weight is 263 g/mol. The number of aromatic amines is 1. The van der Waals surface area contributed by atoms with Crippen LogP contribution in [0.1, 0.15) is 41.9 Å². The zero-order chi connectivity index (χ0) is 14.0. The molecule has 0 unspecified atom stereocenters. The molecule has 0 aliphatic carbocycles. The first-order chi connectivity index (χ1) is 9.10. The number of esters is 1. The van der Waals surface area contributed by atoms with Crippen LogP contribution < -0.4 is 5.56 Å². The van der Waals surface area contributed by atoms with Gasteiger partial charge in [-0.2, -0.15) is 0 Å². The number of fused-ring (bicyclic) bond motifs is 1. The van der Waals surface area contributed by atoms with E-state index in [2.05, 4.69) is 10.1 Å². The minimum Gasteiger partial charge on any atom is -0.462 e. The van der Waals surface area contributed by atoms with Crippen molar-refractivity contribution in [3.8, 4) is 0 Å². The monoisotopic (exact) mass is 263 g/mol. The molecule has 0 spiro atoms. The third-order valence-electron chi connectivity index (χ3n) is 2.96. The lowest BCUT2D eigenvalue weighted by atomic mass is 10.1. The smallest absolute Gasteiger partial charge is 0.343 e. The molecule has 0 saturated carbocycles. The number of carbonyl (C=O) groups is 1. The van der Waals surface area contributed by atoms with E-state index in [1.54, 1.807) is 13.8 Å². The Hall–Kier alpha value is -2.11. The minimum absolute atomic E-state index is 0.153. The molecule has 0 radical (unpaired) electrons. The second-order valence-corrected chi connectivity index (χ2v) is 4.30. The first-order valence-electron chi connectivity index (χ1n) is 6.36. The minimum atomic E-state index is -0.476. The number of rotatable bonds is 4. The van der Waals surface area contributed by atoms with Crippen LogP contribution >= 0.6 is 0 Å². The number of hydrogen-bond donors (Lipinski definition) is 1. The van der Waals surface area contributed by atoms with E-state index in [9.17, 15) is 9.59 Å². The van der Waals surface area contributed by atoms with Crippen LogP contribution in [0.15, 0.2) is 11.0 Å². The Balaban J connectivity index is 2.63. The van der Waals surface area contributed by atoms with E-state index < -0.39 is 5.97 Å². The van der Waals surface area contributed by atoms with E-state index >= 15 is 0 Å². The molecule has 19 heavy (non-hydrogen) atoms. The van der Waals surface area contributed by atoms with Crippen molar-refractivity contribution in [1.82, 2.24) is 14.6 Å². The molecule has 2 heterocycles. The first kappa shape index (κ1) is 13.3. The second-order valence-electron chi connectivity index (χ2n) is 4.30. The van der Waals surface area contributed by atoms with Crippen molar-refractivity contribution in [2.75, 3.05) is 6.61 Å². The maximum absolute atomic E-state index is 12.3. The van der Waals surface area contributed by atoms with Gasteiger partial charge >= 0.3 is 5.97 Å². The summed E-state index contributed by atoms with van der Waals surface area (Å²) in [5, 5.41) is 2.76. The molecule has 2 aromatic heterocycles. The predicted octanol–water partition coefficient (Wildman–Crippen LogP) is 1.46. The van der Waals surface area contributed by atoms with E-state index in [1.165, 1.54) is 10.7 Å². The summed E-state index contributed by atoms with van der Waals surface area (Å²) in [6, 6.07) is 0. The summed E-state index contributed by atoms with van der Waals surface area (Å²) < 4.78 is 6.23. The molecule has 0 aliphatic rings. The van der Waals surface area contributed by atoms with Crippen molar-refractivity contribution >= 4 is 11.6 Å². The molecule has 0 amide bonds. The van der Waals surface area contributed by atoms with Gasteiger partial charge in [0.25, 0.3) is 5.56 Å². The SMILES string of the molecule is CCCc1c(C)nc2c(C(=O)OCC)c[nH]n2c1=O. The molecule has 0 aliphatic heterocycles. The lowest BCUT2D eigenvalue weighted by Gasteiger charge is -2.04. The topological polar surface area (TPSA) is 76.5 Å². The number of aryl methyl sites for hydroxylation is 1. The zero-order valence-corrected chi connectivity index (χ0v) is 11.3. The van der Waals surface area contributed by atoms with Crippen LogP contribution in [0.5, 0.6) is 0 Å². The summed E-state index contributed by atoms with van der Waals surface area (Å²) >= 11 is 0. The van der Waals surface area contributed by atoms with Crippen molar-refractivity contribution in [2.45, 2.75) is 33.6 Å². The summed E-state index contributed by atoms with van der Waals surface area (Å²) in [4.78, 5) is 28.4. The van der Waals surface area contributed by atoms with Crippen molar-refractivity contribution in [3.63, 3.8) is 0 Å². The van der Waals surface area contributed by atoms with Gasteiger partial charge in [-0.15, -0.1) is 0 Å². The van der Waals surface area contributed by atoms with E-state index in [1.807, 2.05) is 6.92 Å². The lowest BCUT2D eigenvalue weighted by Crippen LogP contribution is -2.22. The average Bonchev–Trinajstić information content (AvgIpc) is 2.78. The van der Waals surface area contributed by atoms with Crippen LogP contribution in [0.3, 0.4) is 0 Å². The van der Waals surface area contributed by atoms with Crippen LogP contribution in [0.25, 0.3) is 5.65 Å². The first-order valence-corrected chi connectivity index (χ1v) is 6.36. The highest BCUT2D eigenvalue weighted by molar-refractivity contribution is 5.95. The van der Waals surface area contributed by atoms with Crippen LogP contribution in [0.2, 0.25) is 0 Å². The van der Waals surface area contributed by atoms with E-state index in [0.29, 0.717) is 23.3 Å². The van der Waals surface area contributed by atoms with E-state index in [-0.39, 0.29) is 17.7 Å². The number of hydrogen-bond acceptors (Lipinski definition) is 4. The van der Waals surface area contributed by atoms with E-state index in [4.69, 9.17) is 4.74 Å². The number of aromatic nitrogens is 3. The Morgan fingerprint density at radius 3 is 2.84 bits per heavy atom. The number of carbonyl (C=O) groups excluding carboxylic acids is 1. The summed E-state index contributed by atoms with van der Waals surface area (Å²) in [6.07, 6.45) is 3.00. The van der Waals surface area contributed by atoms with Crippen LogP contribution in [-0.2, 0) is 11.2 Å². The van der Waals surface area contributed by atoms with Gasteiger partial charge in [-0.25, -0.2) is 14.3 Å². The van der Waals surface area contributed by atoms with Crippen molar-refractivity contribution in [3.05, 3.63) is 33.4 Å². The van der Waals surface area contributed by atoms with Gasteiger partial charge in [0, 0.05) is 17.5 Å². The molecule has 2 rings (SSSR count). The summed E-state index contributed by atoms with van der Waals surface area (Å²) in [5.74, 6) is -0.476. The van der Waals surface area contributed by atoms with Gasteiger partial charge in [-0.05, 0) is 20.3 Å². The molecule has 102 valence electrons. The number of nitrogens with one attached hydrogen (secondary N) is 1. The highest BCUT2D eigenvalue weighted by Crippen LogP contribution is 2.11. The van der Waals surface area contributed by atoms with Gasteiger partial charge in [-0.3, -0.25) is 9.89 Å². The molecule has 2 aromatic rings. The summed E-state index contributed by atoms with van der Waals surface area (Å²) in [6.45, 7) is 5.81. The Bertz CT molecular complexity index is 670. The Labute approximate surface area is 110 Å². The lowest BCUT2D eigenvalue weighted by molar-refractivity contribution is 0.0528. The third-order valence-corrected chi connectivity index (χ3v) is 2.96. The zero-order valence-electron chi connectivity index (χ0n) is 11.3. The molecule has 6 heteroatoms. The fourth-order valence-electron chi connectivity index (χ4n) is 2.05. The van der Waals surface area contributed by atoms with Gasteiger partial charge in [0.15, 0.2) is 5.65 Å². The van der Waals surface area contributed by atoms with Gasteiger partial charge in [0.1, 0.15) is 5.56 Å². The second kappa shape index (κ2) is 5.26. The normalized spacial score (nSPS) is 10.9. The molecule has 0 atom stereocenters. The van der Waals surface area contributed by atoms with Crippen molar-refractivity contribution in [2.24, 2.45) is 0 Å². The maximum Gasteiger partial charge on any atom is 0.343 e. The van der Waals surface area contributed by atoms with Crippen LogP contribution in [-0.4, -0.2) is 27.2 Å². The van der Waals surface area contributed by atoms with Gasteiger partial charge < -0.3 is 4.74 Å². The predicted molar refractivity (Wildman–Crippen MR) is 70.5 cm³/mol. The standard InChI is InChI=1S/C13H17N3O3/c1-4-6-9-8(3)15-11-10(13(18)19-5-2)7-14-16(11)12(9)17/h7,14H,4-6H2,1-3H3. The van der Waals surface area contributed by atoms with Gasteiger partial charge in [-0.1, -0.05) is 13.3 Å². The van der Waals surface area contributed by atoms with E-state index in [0.717, 1.165) is 6.42 Å². The fraction of sp³-hybridized carbons (Fsp3) is 0.462. The molecule has 1 N–H and O–H groups in total. The number of ether oxygens (including phenoxy) is 1.